The first-order valence-corrected chi connectivity index (χ1v) is 10.1. The molecule has 0 bridgehead atoms. The predicted octanol–water partition coefficient (Wildman–Crippen LogP) is 1.84. The van der Waals surface area contributed by atoms with Gasteiger partial charge in [-0.2, -0.15) is 0 Å². The largest absolute Gasteiger partial charge is 0.493 e. The number of hydrogen-bond donors (Lipinski definition) is 1. The van der Waals surface area contributed by atoms with Gasteiger partial charge in [0.05, 0.1) is 14.2 Å². The molecule has 4 amide bonds. The highest BCUT2D eigenvalue weighted by molar-refractivity contribution is 6.09. The normalized spacial score (nSPS) is 20.5. The number of nitrogens with one attached hydrogen (secondary N) is 1. The maximum absolute atomic E-state index is 12.9. The van der Waals surface area contributed by atoms with Crippen LogP contribution in [0.25, 0.3) is 0 Å². The highest BCUT2D eigenvalue weighted by Gasteiger charge is 2.51. The molecule has 29 heavy (non-hydrogen) atoms. The smallest absolute Gasteiger partial charge is 0.325 e. The van der Waals surface area contributed by atoms with E-state index in [1.807, 2.05) is 12.1 Å². The van der Waals surface area contributed by atoms with Crippen molar-refractivity contribution < 1.29 is 23.9 Å². The Bertz CT molecular complexity index is 847. The molecule has 1 aromatic carbocycles. The summed E-state index contributed by atoms with van der Waals surface area (Å²) in [6, 6.07) is 3.38. The molecule has 2 aliphatic heterocycles. The van der Waals surface area contributed by atoms with Crippen LogP contribution < -0.4 is 14.8 Å². The summed E-state index contributed by atoms with van der Waals surface area (Å²) in [7, 11) is 3.18. The summed E-state index contributed by atoms with van der Waals surface area (Å²) >= 11 is 0. The number of benzene rings is 1. The Hall–Kier alpha value is -2.77. The maximum Gasteiger partial charge on any atom is 0.325 e. The van der Waals surface area contributed by atoms with Gasteiger partial charge in [-0.1, -0.05) is 19.3 Å². The molecule has 1 aromatic rings. The standard InChI is InChI=1S/C21H27N3O5/c1-28-16-10-14-6-9-23(12-15(14)11-17(16)29-2)18(25)13-24-19(26)21(22-20(24)27)7-4-3-5-8-21/h10-11H,3-9,12-13H2,1-2H3,(H,22,27). The van der Waals surface area contributed by atoms with Crippen molar-refractivity contribution in [3.63, 3.8) is 0 Å². The maximum atomic E-state index is 12.9. The summed E-state index contributed by atoms with van der Waals surface area (Å²) in [4.78, 5) is 41.0. The Kier molecular flexibility index (Phi) is 5.10. The van der Waals surface area contributed by atoms with E-state index in [2.05, 4.69) is 5.32 Å². The molecule has 0 radical (unpaired) electrons. The van der Waals surface area contributed by atoms with Gasteiger partial charge >= 0.3 is 6.03 Å². The first kappa shape index (κ1) is 19.5. The molecule has 2 fully saturated rings. The van der Waals surface area contributed by atoms with Gasteiger partial charge in [0.25, 0.3) is 5.91 Å². The van der Waals surface area contributed by atoms with Crippen LogP contribution >= 0.6 is 0 Å². The molecule has 1 saturated carbocycles. The quantitative estimate of drug-likeness (QED) is 0.778. The van der Waals surface area contributed by atoms with E-state index in [-0.39, 0.29) is 18.4 Å². The van der Waals surface area contributed by atoms with Crippen LogP contribution in [-0.4, -0.2) is 60.5 Å². The molecule has 156 valence electrons. The third-order valence-electron chi connectivity index (χ3n) is 6.32. The Balaban J connectivity index is 1.46. The molecule has 8 heteroatoms. The van der Waals surface area contributed by atoms with Gasteiger partial charge in [0.2, 0.25) is 5.91 Å². The molecular weight excluding hydrogens is 374 g/mol. The zero-order valence-electron chi connectivity index (χ0n) is 17.0. The van der Waals surface area contributed by atoms with Crippen LogP contribution in [0.3, 0.4) is 0 Å². The highest BCUT2D eigenvalue weighted by Crippen LogP contribution is 2.35. The molecule has 0 unspecified atom stereocenters. The van der Waals surface area contributed by atoms with Crippen molar-refractivity contribution in [2.24, 2.45) is 0 Å². The number of fused-ring (bicyclic) bond motifs is 1. The lowest BCUT2D eigenvalue weighted by Crippen LogP contribution is -2.49. The van der Waals surface area contributed by atoms with Crippen molar-refractivity contribution in [1.29, 1.82) is 0 Å². The minimum atomic E-state index is -0.798. The van der Waals surface area contributed by atoms with Crippen molar-refractivity contribution in [3.05, 3.63) is 23.3 Å². The molecule has 3 aliphatic rings. The molecule has 4 rings (SSSR count). The predicted molar refractivity (Wildman–Crippen MR) is 105 cm³/mol. The molecular formula is C21H27N3O5. The number of hydrogen-bond acceptors (Lipinski definition) is 5. The fraction of sp³-hybridized carbons (Fsp3) is 0.571. The lowest BCUT2D eigenvalue weighted by Gasteiger charge is -2.32. The highest BCUT2D eigenvalue weighted by atomic mass is 16.5. The second-order valence-corrected chi connectivity index (χ2v) is 8.01. The average Bonchev–Trinajstić information content (AvgIpc) is 2.96. The fourth-order valence-corrected chi connectivity index (χ4v) is 4.65. The third-order valence-corrected chi connectivity index (χ3v) is 6.32. The second kappa shape index (κ2) is 7.57. The van der Waals surface area contributed by atoms with Crippen LogP contribution in [0.4, 0.5) is 4.79 Å². The molecule has 1 saturated heterocycles. The van der Waals surface area contributed by atoms with Crippen LogP contribution in [0, 0.1) is 0 Å². The lowest BCUT2D eigenvalue weighted by molar-refractivity contribution is -0.140. The van der Waals surface area contributed by atoms with E-state index in [1.54, 1.807) is 19.1 Å². The number of urea groups is 1. The SMILES string of the molecule is COc1cc2c(cc1OC)CN(C(=O)CN1C(=O)NC3(CCCCC3)C1=O)CC2. The second-order valence-electron chi connectivity index (χ2n) is 8.01. The van der Waals surface area contributed by atoms with Gasteiger partial charge in [-0.05, 0) is 42.5 Å². The van der Waals surface area contributed by atoms with E-state index in [0.29, 0.717) is 43.9 Å². The van der Waals surface area contributed by atoms with E-state index in [9.17, 15) is 14.4 Å². The van der Waals surface area contributed by atoms with Gasteiger partial charge in [0.15, 0.2) is 11.5 Å². The Morgan fingerprint density at radius 3 is 2.38 bits per heavy atom. The summed E-state index contributed by atoms with van der Waals surface area (Å²) in [5.41, 5.74) is 1.31. The van der Waals surface area contributed by atoms with Crippen molar-refractivity contribution >= 4 is 17.8 Å². The van der Waals surface area contributed by atoms with Gasteiger partial charge < -0.3 is 19.7 Å². The van der Waals surface area contributed by atoms with Gasteiger partial charge in [-0.25, -0.2) is 4.79 Å². The molecule has 0 atom stereocenters. The minimum absolute atomic E-state index is 0.213. The van der Waals surface area contributed by atoms with Crippen molar-refractivity contribution in [2.45, 2.75) is 50.6 Å². The molecule has 8 nitrogen and oxygen atoms in total. The zero-order chi connectivity index (χ0) is 20.6. The van der Waals surface area contributed by atoms with E-state index >= 15 is 0 Å². The number of amides is 4. The van der Waals surface area contributed by atoms with Gasteiger partial charge in [-0.15, -0.1) is 0 Å². The molecule has 1 N–H and O–H groups in total. The Morgan fingerprint density at radius 1 is 1.07 bits per heavy atom. The first-order chi connectivity index (χ1) is 14.0. The topological polar surface area (TPSA) is 88.2 Å². The molecule has 1 spiro atoms. The van der Waals surface area contributed by atoms with Crippen LogP contribution in [-0.2, 0) is 22.6 Å². The average molecular weight is 401 g/mol. The van der Waals surface area contributed by atoms with Crippen molar-refractivity contribution in [2.75, 3.05) is 27.3 Å². The van der Waals surface area contributed by atoms with E-state index in [1.165, 1.54) is 0 Å². The molecule has 2 heterocycles. The van der Waals surface area contributed by atoms with E-state index < -0.39 is 11.6 Å². The fourth-order valence-electron chi connectivity index (χ4n) is 4.65. The Labute approximate surface area is 170 Å². The van der Waals surface area contributed by atoms with Crippen LogP contribution in [0.1, 0.15) is 43.2 Å². The molecule has 0 aromatic heterocycles. The number of carbonyl (C=O) groups excluding carboxylic acids is 3. The van der Waals surface area contributed by atoms with Gasteiger partial charge in [0.1, 0.15) is 12.1 Å². The number of methoxy groups -OCH3 is 2. The van der Waals surface area contributed by atoms with Gasteiger partial charge in [0, 0.05) is 13.1 Å². The minimum Gasteiger partial charge on any atom is -0.493 e. The number of nitrogens with zero attached hydrogens (tertiary/aromatic N) is 2. The van der Waals surface area contributed by atoms with Crippen molar-refractivity contribution in [3.8, 4) is 11.5 Å². The monoisotopic (exact) mass is 401 g/mol. The Morgan fingerprint density at radius 2 is 1.72 bits per heavy atom. The van der Waals surface area contributed by atoms with E-state index in [4.69, 9.17) is 9.47 Å². The van der Waals surface area contributed by atoms with Crippen LogP contribution in [0.15, 0.2) is 12.1 Å². The first-order valence-electron chi connectivity index (χ1n) is 10.1. The van der Waals surface area contributed by atoms with E-state index in [0.717, 1.165) is 35.3 Å². The summed E-state index contributed by atoms with van der Waals surface area (Å²) in [5, 5.41) is 2.86. The summed E-state index contributed by atoms with van der Waals surface area (Å²) in [6.07, 6.45) is 4.91. The van der Waals surface area contributed by atoms with Crippen LogP contribution in [0.2, 0.25) is 0 Å². The van der Waals surface area contributed by atoms with Crippen LogP contribution in [0.5, 0.6) is 11.5 Å². The van der Waals surface area contributed by atoms with Crippen molar-refractivity contribution in [1.82, 2.24) is 15.1 Å². The molecule has 1 aliphatic carbocycles. The number of carbonyl (C=O) groups is 3. The zero-order valence-corrected chi connectivity index (χ0v) is 17.0. The third kappa shape index (κ3) is 3.41. The number of ether oxygens (including phenoxy) is 2. The number of rotatable bonds is 4. The summed E-state index contributed by atoms with van der Waals surface area (Å²) < 4.78 is 10.7. The lowest BCUT2D eigenvalue weighted by atomic mass is 9.82. The summed E-state index contributed by atoms with van der Waals surface area (Å²) in [5.74, 6) is 0.818. The summed E-state index contributed by atoms with van der Waals surface area (Å²) in [6.45, 7) is 0.745. The number of imide groups is 1. The van der Waals surface area contributed by atoms with Gasteiger partial charge in [-0.3, -0.25) is 14.5 Å².